The van der Waals surface area contributed by atoms with E-state index in [0.717, 1.165) is 30.8 Å². The topological polar surface area (TPSA) is 123 Å². The molecular formula is C22H29N5O5S. The number of morpholine rings is 1. The van der Waals surface area contributed by atoms with Gasteiger partial charge in [-0.25, -0.2) is 13.1 Å². The Morgan fingerprint density at radius 1 is 1.12 bits per heavy atom. The van der Waals surface area contributed by atoms with E-state index in [1.807, 2.05) is 32.0 Å². The Labute approximate surface area is 193 Å². The predicted molar refractivity (Wildman–Crippen MR) is 123 cm³/mol. The van der Waals surface area contributed by atoms with Gasteiger partial charge in [0.2, 0.25) is 0 Å². The van der Waals surface area contributed by atoms with Gasteiger partial charge in [0.05, 0.1) is 36.1 Å². The number of sulfone groups is 1. The molecule has 1 aromatic carbocycles. The van der Waals surface area contributed by atoms with E-state index in [0.29, 0.717) is 43.1 Å². The molecule has 0 unspecified atom stereocenters. The number of aryl methyl sites for hydroxylation is 2. The highest BCUT2D eigenvalue weighted by molar-refractivity contribution is 7.90. The number of nitrogens with one attached hydrogen (secondary N) is 2. The molecule has 4 rings (SSSR count). The van der Waals surface area contributed by atoms with Gasteiger partial charge < -0.3 is 15.4 Å². The molecule has 1 fully saturated rings. The Morgan fingerprint density at radius 3 is 2.61 bits per heavy atom. The van der Waals surface area contributed by atoms with E-state index in [2.05, 4.69) is 20.6 Å². The number of anilines is 1. The summed E-state index contributed by atoms with van der Waals surface area (Å²) in [4.78, 5) is 27.3. The van der Waals surface area contributed by atoms with Crippen LogP contribution in [0.5, 0.6) is 0 Å². The summed E-state index contributed by atoms with van der Waals surface area (Å²) in [6.07, 6.45) is 0.715. The van der Waals surface area contributed by atoms with Crippen molar-refractivity contribution in [1.29, 1.82) is 0 Å². The first kappa shape index (κ1) is 23.4. The lowest BCUT2D eigenvalue weighted by atomic mass is 10.1. The maximum atomic E-state index is 12.6. The summed E-state index contributed by atoms with van der Waals surface area (Å²) in [6, 6.07) is 5.76. The number of carbonyl (C=O) groups excluding carboxylic acids is 2. The third kappa shape index (κ3) is 5.43. The molecule has 2 N–H and O–H groups in total. The highest BCUT2D eigenvalue weighted by atomic mass is 32.2. The minimum Gasteiger partial charge on any atom is -0.379 e. The van der Waals surface area contributed by atoms with Crippen molar-refractivity contribution < 1.29 is 22.7 Å². The van der Waals surface area contributed by atoms with Gasteiger partial charge in [-0.3, -0.25) is 14.5 Å². The first-order chi connectivity index (χ1) is 15.7. The monoisotopic (exact) mass is 475 g/mol. The zero-order chi connectivity index (χ0) is 23.6. The van der Waals surface area contributed by atoms with Crippen LogP contribution in [0.1, 0.15) is 28.8 Å². The maximum absolute atomic E-state index is 12.6. The normalized spacial score (nSPS) is 17.5. The van der Waals surface area contributed by atoms with Gasteiger partial charge in [0.15, 0.2) is 9.84 Å². The van der Waals surface area contributed by atoms with Crippen LogP contribution in [0.3, 0.4) is 0 Å². The van der Waals surface area contributed by atoms with Gasteiger partial charge in [0, 0.05) is 25.2 Å². The molecule has 0 atom stereocenters. The predicted octanol–water partition coefficient (Wildman–Crippen LogP) is 0.695. The van der Waals surface area contributed by atoms with Gasteiger partial charge in [0.25, 0.3) is 0 Å². The van der Waals surface area contributed by atoms with Crippen LogP contribution < -0.4 is 10.6 Å². The quantitative estimate of drug-likeness (QED) is 0.466. The molecule has 33 heavy (non-hydrogen) atoms. The van der Waals surface area contributed by atoms with Crippen LogP contribution >= 0.6 is 0 Å². The van der Waals surface area contributed by atoms with Crippen molar-refractivity contribution in [3.05, 3.63) is 40.6 Å². The standard InChI is InChI=1S/C22H29N5O5S/c1-15-4-5-19(16(2)12-15)27-20(17-13-33(30,31)14-18(17)25-27)24-22(29)21(28)23-6-3-7-26-8-10-32-11-9-26/h4-5,12H,3,6-11,13-14H2,1-2H3,(H,23,28)(H,24,29). The Morgan fingerprint density at radius 2 is 1.88 bits per heavy atom. The van der Waals surface area contributed by atoms with Crippen molar-refractivity contribution in [2.24, 2.45) is 0 Å². The molecule has 0 aliphatic carbocycles. The molecule has 178 valence electrons. The molecule has 2 aliphatic rings. The second-order valence-corrected chi connectivity index (χ2v) is 10.6. The molecule has 1 aromatic heterocycles. The first-order valence-corrected chi connectivity index (χ1v) is 12.8. The fourth-order valence-electron chi connectivity index (χ4n) is 4.16. The number of benzene rings is 1. The van der Waals surface area contributed by atoms with Crippen LogP contribution in [0.2, 0.25) is 0 Å². The SMILES string of the molecule is Cc1ccc(-n2nc3c(c2NC(=O)C(=O)NCCCN2CCOCC2)CS(=O)(=O)C3)c(C)c1. The summed E-state index contributed by atoms with van der Waals surface area (Å²) < 4.78 is 31.1. The van der Waals surface area contributed by atoms with E-state index in [9.17, 15) is 18.0 Å². The minimum atomic E-state index is -3.33. The zero-order valence-corrected chi connectivity index (χ0v) is 19.7. The third-order valence-corrected chi connectivity index (χ3v) is 7.29. The number of aromatic nitrogens is 2. The van der Waals surface area contributed by atoms with Crippen molar-refractivity contribution in [2.45, 2.75) is 31.8 Å². The number of hydrogen-bond acceptors (Lipinski definition) is 7. The lowest BCUT2D eigenvalue weighted by Crippen LogP contribution is -2.40. The highest BCUT2D eigenvalue weighted by Gasteiger charge is 2.34. The van der Waals surface area contributed by atoms with Crippen molar-refractivity contribution in [2.75, 3.05) is 44.7 Å². The van der Waals surface area contributed by atoms with Gasteiger partial charge in [-0.15, -0.1) is 0 Å². The maximum Gasteiger partial charge on any atom is 0.314 e. The molecule has 2 aromatic rings. The number of hydrogen-bond donors (Lipinski definition) is 2. The molecule has 10 nitrogen and oxygen atoms in total. The van der Waals surface area contributed by atoms with E-state index >= 15 is 0 Å². The molecule has 2 amide bonds. The average molecular weight is 476 g/mol. The number of fused-ring (bicyclic) bond motifs is 1. The number of amides is 2. The van der Waals surface area contributed by atoms with E-state index < -0.39 is 21.7 Å². The van der Waals surface area contributed by atoms with Crippen LogP contribution in [0.4, 0.5) is 5.82 Å². The zero-order valence-electron chi connectivity index (χ0n) is 18.9. The minimum absolute atomic E-state index is 0.184. The Hall–Kier alpha value is -2.76. The largest absolute Gasteiger partial charge is 0.379 e. The van der Waals surface area contributed by atoms with E-state index in [1.54, 1.807) is 0 Å². The average Bonchev–Trinajstić information content (AvgIpc) is 3.24. The molecule has 0 radical (unpaired) electrons. The highest BCUT2D eigenvalue weighted by Crippen LogP contribution is 2.33. The fraction of sp³-hybridized carbons (Fsp3) is 0.500. The number of nitrogens with zero attached hydrogens (tertiary/aromatic N) is 3. The molecule has 0 spiro atoms. The third-order valence-electron chi connectivity index (χ3n) is 5.85. The van der Waals surface area contributed by atoms with Gasteiger partial charge in [-0.2, -0.15) is 5.10 Å². The number of ether oxygens (including phenoxy) is 1. The first-order valence-electron chi connectivity index (χ1n) is 11.0. The van der Waals surface area contributed by atoms with Crippen LogP contribution in [0.25, 0.3) is 5.69 Å². The van der Waals surface area contributed by atoms with E-state index in [-0.39, 0.29) is 17.3 Å². The summed E-state index contributed by atoms with van der Waals surface area (Å²) in [6.45, 7) is 8.22. The lowest BCUT2D eigenvalue weighted by Gasteiger charge is -2.26. The summed E-state index contributed by atoms with van der Waals surface area (Å²) in [5.41, 5.74) is 3.54. The Balaban J connectivity index is 1.46. The molecule has 0 bridgehead atoms. The summed E-state index contributed by atoms with van der Waals surface area (Å²) in [5.74, 6) is -1.79. The van der Waals surface area contributed by atoms with Gasteiger partial charge >= 0.3 is 11.8 Å². The van der Waals surface area contributed by atoms with Crippen molar-refractivity contribution >= 4 is 27.5 Å². The van der Waals surface area contributed by atoms with Crippen molar-refractivity contribution in [3.63, 3.8) is 0 Å². The molecule has 0 saturated carbocycles. The van der Waals surface area contributed by atoms with Crippen LogP contribution in [0.15, 0.2) is 18.2 Å². The Kier molecular flexibility index (Phi) is 6.82. The van der Waals surface area contributed by atoms with Gasteiger partial charge in [-0.05, 0) is 38.4 Å². The number of rotatable bonds is 6. The van der Waals surface area contributed by atoms with Gasteiger partial charge in [-0.1, -0.05) is 17.7 Å². The van der Waals surface area contributed by atoms with Crippen LogP contribution in [-0.4, -0.2) is 74.3 Å². The molecule has 3 heterocycles. The smallest absolute Gasteiger partial charge is 0.314 e. The fourth-order valence-corrected chi connectivity index (χ4v) is 5.66. The van der Waals surface area contributed by atoms with E-state index in [4.69, 9.17) is 4.74 Å². The van der Waals surface area contributed by atoms with Gasteiger partial charge in [0.1, 0.15) is 5.82 Å². The Bertz CT molecular complexity index is 1170. The van der Waals surface area contributed by atoms with Crippen LogP contribution in [-0.2, 0) is 35.7 Å². The molecule has 1 saturated heterocycles. The lowest BCUT2D eigenvalue weighted by molar-refractivity contribution is -0.136. The second kappa shape index (κ2) is 9.62. The second-order valence-electron chi connectivity index (χ2n) is 8.53. The molecule has 11 heteroatoms. The van der Waals surface area contributed by atoms with Crippen molar-refractivity contribution in [1.82, 2.24) is 20.0 Å². The number of carbonyl (C=O) groups is 2. The van der Waals surface area contributed by atoms with E-state index in [1.165, 1.54) is 4.68 Å². The van der Waals surface area contributed by atoms with Crippen molar-refractivity contribution in [3.8, 4) is 5.69 Å². The molecular weight excluding hydrogens is 446 g/mol. The molecule has 2 aliphatic heterocycles. The van der Waals surface area contributed by atoms with Crippen LogP contribution in [0, 0.1) is 13.8 Å². The summed E-state index contributed by atoms with van der Waals surface area (Å²) in [7, 11) is -3.33. The summed E-state index contributed by atoms with van der Waals surface area (Å²) in [5, 5.41) is 9.72. The summed E-state index contributed by atoms with van der Waals surface area (Å²) >= 11 is 0.